The second kappa shape index (κ2) is 4.19. The van der Waals surface area contributed by atoms with Crippen molar-refractivity contribution in [3.05, 3.63) is 0 Å². The van der Waals surface area contributed by atoms with Crippen LogP contribution in [-0.4, -0.2) is 23.5 Å². The van der Waals surface area contributed by atoms with Gasteiger partial charge in [0.25, 0.3) is 0 Å². The van der Waals surface area contributed by atoms with Crippen LogP contribution >= 0.6 is 0 Å². The number of nitrogens with zero attached hydrogens (tertiary/aromatic N) is 2. The van der Waals surface area contributed by atoms with E-state index in [0.29, 0.717) is 35.5 Å². The number of hydrazone groups is 2. The molecule has 4 amide bonds. The molecule has 0 radical (unpaired) electrons. The van der Waals surface area contributed by atoms with Crippen LogP contribution in [-0.2, 0) is 0 Å². The Kier molecular flexibility index (Phi) is 2.51. The zero-order chi connectivity index (χ0) is 14.7. The molecule has 4 aliphatic carbocycles. The van der Waals surface area contributed by atoms with Crippen LogP contribution in [0.4, 0.5) is 9.59 Å². The molecule has 2 bridgehead atoms. The van der Waals surface area contributed by atoms with E-state index in [2.05, 4.69) is 21.1 Å². The number of nitrogens with one attached hydrogen (secondary N) is 2. The molecule has 0 saturated heterocycles. The van der Waals surface area contributed by atoms with Crippen LogP contribution in [0.1, 0.15) is 19.3 Å². The number of fused-ring (bicyclic) bond motifs is 2. The standard InChI is InChI=1S/C13H18N6O2/c14-12(20)18-16-8-2-4-5-3-9(17-19-13(15)21)11-7(5)1-6(4)10(8)11/h4-7,10-11H,1-3H2,(H3,14,18,20)(H3,15,19,21)/b16-8-,17-9+/t4-,5+,6+,7-,10+,11+/m1/s1. The molecule has 4 saturated carbocycles. The number of nitrogens with two attached hydrogens (primary N) is 2. The molecule has 0 spiro atoms. The van der Waals surface area contributed by atoms with E-state index in [1.54, 1.807) is 0 Å². The third-order valence-corrected chi connectivity index (χ3v) is 5.78. The Morgan fingerprint density at radius 3 is 1.67 bits per heavy atom. The van der Waals surface area contributed by atoms with E-state index in [9.17, 15) is 9.59 Å². The first-order valence-corrected chi connectivity index (χ1v) is 7.30. The van der Waals surface area contributed by atoms with Crippen molar-refractivity contribution in [3.8, 4) is 0 Å². The molecule has 4 rings (SSSR count). The second-order valence-corrected chi connectivity index (χ2v) is 6.51. The van der Waals surface area contributed by atoms with E-state index in [0.717, 1.165) is 24.3 Å². The molecule has 0 aromatic heterocycles. The summed E-state index contributed by atoms with van der Waals surface area (Å²) in [5, 5.41) is 8.43. The fourth-order valence-electron chi connectivity index (χ4n) is 5.42. The number of amides is 4. The summed E-state index contributed by atoms with van der Waals surface area (Å²) in [5.74, 6) is 3.20. The van der Waals surface area contributed by atoms with Crippen molar-refractivity contribution >= 4 is 23.5 Å². The largest absolute Gasteiger partial charge is 0.350 e. The zero-order valence-corrected chi connectivity index (χ0v) is 11.5. The third-order valence-electron chi connectivity index (χ3n) is 5.78. The van der Waals surface area contributed by atoms with Crippen molar-refractivity contribution < 1.29 is 9.59 Å². The van der Waals surface area contributed by atoms with Crippen LogP contribution in [0, 0.1) is 35.5 Å². The summed E-state index contributed by atoms with van der Waals surface area (Å²) in [4.78, 5) is 21.7. The summed E-state index contributed by atoms with van der Waals surface area (Å²) in [6.45, 7) is 0. The number of hydrogen-bond acceptors (Lipinski definition) is 4. The monoisotopic (exact) mass is 290 g/mol. The van der Waals surface area contributed by atoms with E-state index in [1.165, 1.54) is 6.42 Å². The van der Waals surface area contributed by atoms with Crippen LogP contribution in [0.25, 0.3) is 0 Å². The summed E-state index contributed by atoms with van der Waals surface area (Å²) < 4.78 is 0. The number of primary amides is 2. The van der Waals surface area contributed by atoms with Gasteiger partial charge in [-0.1, -0.05) is 0 Å². The quantitative estimate of drug-likeness (QED) is 0.531. The average Bonchev–Trinajstić information content (AvgIpc) is 3.03. The van der Waals surface area contributed by atoms with Crippen LogP contribution in [0.2, 0.25) is 0 Å². The molecule has 6 N–H and O–H groups in total. The van der Waals surface area contributed by atoms with Gasteiger partial charge in [-0.05, 0) is 42.9 Å². The molecule has 0 aromatic rings. The Morgan fingerprint density at radius 2 is 1.29 bits per heavy atom. The molecule has 21 heavy (non-hydrogen) atoms. The summed E-state index contributed by atoms with van der Waals surface area (Å²) in [5.41, 5.74) is 17.0. The summed E-state index contributed by atoms with van der Waals surface area (Å²) in [6, 6.07) is -1.27. The van der Waals surface area contributed by atoms with Gasteiger partial charge in [0.15, 0.2) is 0 Å². The van der Waals surface area contributed by atoms with Crippen molar-refractivity contribution in [2.75, 3.05) is 0 Å². The SMILES string of the molecule is NC(=O)N/N=C1/C[C@@H]2[C@@H]3C/C(=N\NC(N)=O)[C@@H]4[C@@H]3C[C@@H]2[C@@H]14. The Hall–Kier alpha value is -2.12. The third kappa shape index (κ3) is 1.68. The predicted molar refractivity (Wildman–Crippen MR) is 75.1 cm³/mol. The highest BCUT2D eigenvalue weighted by atomic mass is 16.2. The van der Waals surface area contributed by atoms with Crippen molar-refractivity contribution in [2.24, 2.45) is 57.2 Å². The molecule has 0 aromatic carbocycles. The molecule has 0 aliphatic heterocycles. The minimum atomic E-state index is -0.634. The molecule has 112 valence electrons. The van der Waals surface area contributed by atoms with Crippen LogP contribution in [0.15, 0.2) is 10.2 Å². The summed E-state index contributed by atoms with van der Waals surface area (Å²) in [7, 11) is 0. The highest BCUT2D eigenvalue weighted by molar-refractivity contribution is 6.01. The van der Waals surface area contributed by atoms with Gasteiger partial charge in [-0.15, -0.1) is 0 Å². The lowest BCUT2D eigenvalue weighted by Crippen LogP contribution is -2.32. The molecular weight excluding hydrogens is 272 g/mol. The minimum absolute atomic E-state index is 0.332. The van der Waals surface area contributed by atoms with Gasteiger partial charge >= 0.3 is 12.1 Å². The lowest BCUT2D eigenvalue weighted by atomic mass is 9.79. The van der Waals surface area contributed by atoms with E-state index in [1.807, 2.05) is 0 Å². The van der Waals surface area contributed by atoms with E-state index >= 15 is 0 Å². The van der Waals surface area contributed by atoms with Crippen molar-refractivity contribution in [3.63, 3.8) is 0 Å². The highest BCUT2D eigenvalue weighted by Gasteiger charge is 2.67. The van der Waals surface area contributed by atoms with Crippen LogP contribution < -0.4 is 22.3 Å². The molecule has 0 unspecified atom stereocenters. The molecule has 6 atom stereocenters. The van der Waals surface area contributed by atoms with E-state index in [4.69, 9.17) is 11.5 Å². The van der Waals surface area contributed by atoms with Gasteiger partial charge in [0.2, 0.25) is 0 Å². The Bertz CT molecular complexity index is 531. The number of carbonyl (C=O) groups is 2. The fourth-order valence-corrected chi connectivity index (χ4v) is 5.42. The maximum Gasteiger partial charge on any atom is 0.332 e. The molecular formula is C13H18N6O2. The molecule has 8 nitrogen and oxygen atoms in total. The maximum absolute atomic E-state index is 10.9. The second-order valence-electron chi connectivity index (χ2n) is 6.51. The lowest BCUT2D eigenvalue weighted by molar-refractivity contribution is 0.241. The van der Waals surface area contributed by atoms with Gasteiger partial charge in [-0.2, -0.15) is 10.2 Å². The van der Waals surface area contributed by atoms with Crippen molar-refractivity contribution in [1.82, 2.24) is 10.9 Å². The fraction of sp³-hybridized carbons (Fsp3) is 0.692. The minimum Gasteiger partial charge on any atom is -0.350 e. The van der Waals surface area contributed by atoms with Crippen LogP contribution in [0.5, 0.6) is 0 Å². The van der Waals surface area contributed by atoms with E-state index < -0.39 is 12.1 Å². The van der Waals surface area contributed by atoms with Crippen LogP contribution in [0.3, 0.4) is 0 Å². The number of rotatable bonds is 2. The summed E-state index contributed by atoms with van der Waals surface area (Å²) in [6.07, 6.45) is 3.10. The molecule has 0 heterocycles. The zero-order valence-electron chi connectivity index (χ0n) is 11.5. The maximum atomic E-state index is 10.9. The number of urea groups is 2. The van der Waals surface area contributed by atoms with Gasteiger partial charge in [-0.3, -0.25) is 0 Å². The van der Waals surface area contributed by atoms with Gasteiger partial charge in [0.05, 0.1) is 0 Å². The van der Waals surface area contributed by atoms with Crippen molar-refractivity contribution in [1.29, 1.82) is 0 Å². The smallest absolute Gasteiger partial charge is 0.332 e. The number of hydrogen-bond donors (Lipinski definition) is 4. The normalized spacial score (nSPS) is 45.5. The first-order chi connectivity index (χ1) is 10.1. The average molecular weight is 290 g/mol. The van der Waals surface area contributed by atoms with Gasteiger partial charge in [-0.25, -0.2) is 20.4 Å². The first-order valence-electron chi connectivity index (χ1n) is 7.30. The van der Waals surface area contributed by atoms with Gasteiger partial charge in [0.1, 0.15) is 0 Å². The highest BCUT2D eigenvalue weighted by Crippen LogP contribution is 2.68. The lowest BCUT2D eigenvalue weighted by Gasteiger charge is -2.24. The molecule has 8 heteroatoms. The van der Waals surface area contributed by atoms with E-state index in [-0.39, 0.29) is 0 Å². The Labute approximate surface area is 121 Å². The van der Waals surface area contributed by atoms with Gasteiger partial charge < -0.3 is 11.5 Å². The number of carbonyl (C=O) groups excluding carboxylic acids is 2. The molecule has 4 fully saturated rings. The first kappa shape index (κ1) is 12.6. The topological polar surface area (TPSA) is 135 Å². The summed E-state index contributed by atoms with van der Waals surface area (Å²) >= 11 is 0. The van der Waals surface area contributed by atoms with Gasteiger partial charge in [0, 0.05) is 23.3 Å². The predicted octanol–water partition coefficient (Wildman–Crippen LogP) is -0.0431. The molecule has 4 aliphatic rings. The van der Waals surface area contributed by atoms with Crippen molar-refractivity contribution in [2.45, 2.75) is 19.3 Å². The Morgan fingerprint density at radius 1 is 0.857 bits per heavy atom. The Balaban J connectivity index is 1.63.